The second kappa shape index (κ2) is 6.52. The van der Waals surface area contributed by atoms with Gasteiger partial charge in [-0.25, -0.2) is 4.68 Å². The Morgan fingerprint density at radius 2 is 2.09 bits per heavy atom. The van der Waals surface area contributed by atoms with E-state index in [0.29, 0.717) is 16.4 Å². The minimum Gasteiger partial charge on any atom is -0.306 e. The van der Waals surface area contributed by atoms with Gasteiger partial charge in [0, 0.05) is 28.0 Å². The van der Waals surface area contributed by atoms with Crippen LogP contribution in [0.1, 0.15) is 16.1 Å². The van der Waals surface area contributed by atoms with Crippen molar-refractivity contribution < 1.29 is 4.79 Å². The van der Waals surface area contributed by atoms with E-state index in [0.717, 1.165) is 15.9 Å². The normalized spacial score (nSPS) is 10.6. The van der Waals surface area contributed by atoms with Gasteiger partial charge in [-0.05, 0) is 47.1 Å². The van der Waals surface area contributed by atoms with Crippen molar-refractivity contribution in [2.75, 3.05) is 5.32 Å². The summed E-state index contributed by atoms with van der Waals surface area (Å²) in [5, 5.41) is 7.86. The number of aryl methyl sites for hydroxylation is 1. The highest BCUT2D eigenvalue weighted by atomic mass is 79.9. The lowest BCUT2D eigenvalue weighted by Crippen LogP contribution is -2.15. The second-order valence-corrected chi connectivity index (χ2v) is 6.26. The summed E-state index contributed by atoms with van der Waals surface area (Å²) in [5.41, 5.74) is 2.01. The van der Waals surface area contributed by atoms with Crippen molar-refractivity contribution in [2.24, 2.45) is 0 Å². The number of rotatable bonds is 3. The first-order valence-electron chi connectivity index (χ1n) is 6.77. The first-order valence-corrected chi connectivity index (χ1v) is 7.94. The van der Waals surface area contributed by atoms with Gasteiger partial charge in [0.2, 0.25) is 0 Å². The van der Waals surface area contributed by atoms with E-state index in [9.17, 15) is 4.79 Å². The van der Waals surface area contributed by atoms with E-state index in [1.165, 1.54) is 6.20 Å². The number of carbonyl (C=O) groups is 1. The first kappa shape index (κ1) is 15.7. The van der Waals surface area contributed by atoms with Gasteiger partial charge in [0.05, 0.1) is 16.9 Å². The van der Waals surface area contributed by atoms with Crippen LogP contribution in [-0.4, -0.2) is 20.7 Å². The zero-order valence-electron chi connectivity index (χ0n) is 12.1. The van der Waals surface area contributed by atoms with Crippen molar-refractivity contribution in [1.82, 2.24) is 14.8 Å². The van der Waals surface area contributed by atoms with Crippen LogP contribution in [0, 0.1) is 6.92 Å². The van der Waals surface area contributed by atoms with Gasteiger partial charge in [0.1, 0.15) is 5.82 Å². The van der Waals surface area contributed by atoms with Gasteiger partial charge in [-0.1, -0.05) is 17.7 Å². The van der Waals surface area contributed by atoms with Crippen molar-refractivity contribution >= 4 is 39.3 Å². The van der Waals surface area contributed by atoms with Crippen LogP contribution in [0.15, 0.2) is 53.3 Å². The molecule has 0 saturated heterocycles. The SMILES string of the molecule is Cc1cc(NC(=O)c2cncc(Br)c2)n(-c2cccc(Cl)c2)n1. The molecule has 116 valence electrons. The number of amides is 1. The van der Waals surface area contributed by atoms with Gasteiger partial charge in [-0.2, -0.15) is 5.10 Å². The summed E-state index contributed by atoms with van der Waals surface area (Å²) in [6, 6.07) is 10.8. The number of nitrogens with zero attached hydrogens (tertiary/aromatic N) is 3. The van der Waals surface area contributed by atoms with Crippen LogP contribution < -0.4 is 5.32 Å². The Morgan fingerprint density at radius 1 is 1.26 bits per heavy atom. The largest absolute Gasteiger partial charge is 0.306 e. The topological polar surface area (TPSA) is 59.8 Å². The number of pyridine rings is 1. The fraction of sp³-hybridized carbons (Fsp3) is 0.0625. The molecular formula is C16H12BrClN4O. The third-order valence-electron chi connectivity index (χ3n) is 3.09. The van der Waals surface area contributed by atoms with Crippen LogP contribution in [0.4, 0.5) is 5.82 Å². The van der Waals surface area contributed by atoms with Crippen LogP contribution in [0.2, 0.25) is 5.02 Å². The van der Waals surface area contributed by atoms with E-state index in [2.05, 4.69) is 31.3 Å². The summed E-state index contributed by atoms with van der Waals surface area (Å²) in [6.45, 7) is 1.86. The molecule has 1 N–H and O–H groups in total. The van der Waals surface area contributed by atoms with E-state index >= 15 is 0 Å². The number of nitrogens with one attached hydrogen (secondary N) is 1. The molecule has 2 aromatic heterocycles. The van der Waals surface area contributed by atoms with Crippen LogP contribution in [0.3, 0.4) is 0 Å². The Kier molecular flexibility index (Phi) is 4.45. The summed E-state index contributed by atoms with van der Waals surface area (Å²) >= 11 is 9.34. The molecule has 2 heterocycles. The maximum atomic E-state index is 12.4. The fourth-order valence-electron chi connectivity index (χ4n) is 2.12. The fourth-order valence-corrected chi connectivity index (χ4v) is 2.67. The van der Waals surface area contributed by atoms with Gasteiger partial charge >= 0.3 is 0 Å². The molecule has 7 heteroatoms. The Morgan fingerprint density at radius 3 is 2.83 bits per heavy atom. The monoisotopic (exact) mass is 390 g/mol. The third-order valence-corrected chi connectivity index (χ3v) is 3.76. The van der Waals surface area contributed by atoms with Crippen molar-refractivity contribution in [3.05, 3.63) is 69.5 Å². The molecule has 1 aromatic carbocycles. The first-order chi connectivity index (χ1) is 11.0. The number of halogens is 2. The molecule has 0 atom stereocenters. The van der Waals surface area contributed by atoms with Gasteiger partial charge in [0.15, 0.2) is 0 Å². The molecule has 5 nitrogen and oxygen atoms in total. The van der Waals surface area contributed by atoms with Gasteiger partial charge in [0.25, 0.3) is 5.91 Å². The molecular weight excluding hydrogens is 380 g/mol. The second-order valence-electron chi connectivity index (χ2n) is 4.91. The van der Waals surface area contributed by atoms with E-state index < -0.39 is 0 Å². The van der Waals surface area contributed by atoms with Crippen LogP contribution in [0.5, 0.6) is 0 Å². The van der Waals surface area contributed by atoms with Crippen LogP contribution in [0.25, 0.3) is 5.69 Å². The summed E-state index contributed by atoms with van der Waals surface area (Å²) in [4.78, 5) is 16.4. The number of aromatic nitrogens is 3. The zero-order valence-corrected chi connectivity index (χ0v) is 14.5. The van der Waals surface area contributed by atoms with E-state index in [4.69, 9.17) is 11.6 Å². The molecule has 0 bridgehead atoms. The molecule has 0 saturated carbocycles. The average Bonchev–Trinajstić information content (AvgIpc) is 2.88. The molecule has 3 aromatic rings. The smallest absolute Gasteiger partial charge is 0.258 e. The standard InChI is InChI=1S/C16H12BrClN4O/c1-10-5-15(20-16(23)11-6-12(17)9-19-8-11)22(21-10)14-4-2-3-13(18)7-14/h2-9H,1H3,(H,20,23). The van der Waals surface area contributed by atoms with Crippen LogP contribution in [-0.2, 0) is 0 Å². The van der Waals surface area contributed by atoms with Crippen molar-refractivity contribution in [3.8, 4) is 5.69 Å². The minimum atomic E-state index is -0.262. The predicted molar refractivity (Wildman–Crippen MR) is 93.2 cm³/mol. The van der Waals surface area contributed by atoms with Crippen molar-refractivity contribution in [2.45, 2.75) is 6.92 Å². The van der Waals surface area contributed by atoms with E-state index in [1.54, 1.807) is 35.1 Å². The summed E-state index contributed by atoms with van der Waals surface area (Å²) < 4.78 is 2.38. The third kappa shape index (κ3) is 3.60. The predicted octanol–water partition coefficient (Wildman–Crippen LogP) is 4.24. The van der Waals surface area contributed by atoms with E-state index in [1.807, 2.05) is 19.1 Å². The van der Waals surface area contributed by atoms with E-state index in [-0.39, 0.29) is 5.91 Å². The maximum absolute atomic E-state index is 12.4. The quantitative estimate of drug-likeness (QED) is 0.726. The lowest BCUT2D eigenvalue weighted by Gasteiger charge is -2.09. The summed E-state index contributed by atoms with van der Waals surface area (Å²) in [7, 11) is 0. The molecule has 0 aliphatic carbocycles. The van der Waals surface area contributed by atoms with Crippen molar-refractivity contribution in [3.63, 3.8) is 0 Å². The highest BCUT2D eigenvalue weighted by Crippen LogP contribution is 2.21. The maximum Gasteiger partial charge on any atom is 0.258 e. The molecule has 0 radical (unpaired) electrons. The molecule has 0 spiro atoms. The Bertz CT molecular complexity index is 878. The highest BCUT2D eigenvalue weighted by Gasteiger charge is 2.13. The molecule has 23 heavy (non-hydrogen) atoms. The number of hydrogen-bond acceptors (Lipinski definition) is 3. The number of anilines is 1. The Labute approximate surface area is 146 Å². The number of carbonyl (C=O) groups excluding carboxylic acids is 1. The summed E-state index contributed by atoms with van der Waals surface area (Å²) in [5.74, 6) is 0.303. The Balaban J connectivity index is 1.93. The lowest BCUT2D eigenvalue weighted by molar-refractivity contribution is 0.102. The van der Waals surface area contributed by atoms with Gasteiger partial charge in [-0.3, -0.25) is 9.78 Å². The molecule has 0 fully saturated rings. The molecule has 0 aliphatic rings. The van der Waals surface area contributed by atoms with Crippen molar-refractivity contribution in [1.29, 1.82) is 0 Å². The lowest BCUT2D eigenvalue weighted by atomic mass is 10.2. The van der Waals surface area contributed by atoms with Gasteiger partial charge in [-0.15, -0.1) is 0 Å². The minimum absolute atomic E-state index is 0.262. The molecule has 0 aliphatic heterocycles. The molecule has 1 amide bonds. The van der Waals surface area contributed by atoms with Crippen LogP contribution >= 0.6 is 27.5 Å². The summed E-state index contributed by atoms with van der Waals surface area (Å²) in [6.07, 6.45) is 3.13. The molecule has 3 rings (SSSR count). The number of benzene rings is 1. The zero-order chi connectivity index (χ0) is 16.4. The highest BCUT2D eigenvalue weighted by molar-refractivity contribution is 9.10. The Hall–Kier alpha value is -2.18. The van der Waals surface area contributed by atoms with Gasteiger partial charge < -0.3 is 5.32 Å². The molecule has 0 unspecified atom stereocenters. The average molecular weight is 392 g/mol. The number of hydrogen-bond donors (Lipinski definition) is 1.